The molecule has 9 heteroatoms. The van der Waals surface area contributed by atoms with Crippen molar-refractivity contribution >= 4 is 46.3 Å². The third kappa shape index (κ3) is 9.00. The molecule has 0 heterocycles. The first-order valence-electron chi connectivity index (χ1n) is 12.5. The third-order valence-corrected chi connectivity index (χ3v) is 6.71. The second kappa shape index (κ2) is 14.7. The third-order valence-electron chi connectivity index (χ3n) is 6.04. The molecule has 3 aromatic carbocycles. The lowest BCUT2D eigenvalue weighted by Gasteiger charge is -2.23. The van der Waals surface area contributed by atoms with Gasteiger partial charge in [-0.1, -0.05) is 38.1 Å². The molecule has 0 aliphatic heterocycles. The summed E-state index contributed by atoms with van der Waals surface area (Å²) in [7, 11) is 2.07. The molecule has 0 fully saturated rings. The molecule has 200 valence electrons. The smallest absolute Gasteiger partial charge is 0.273 e. The first-order valence-corrected chi connectivity index (χ1v) is 13.6. The molecule has 0 bridgehead atoms. The van der Waals surface area contributed by atoms with Gasteiger partial charge in [0.15, 0.2) is 0 Å². The minimum absolute atomic E-state index is 0.272. The summed E-state index contributed by atoms with van der Waals surface area (Å²) in [5.41, 5.74) is 5.15. The number of hydrogen-bond acceptors (Lipinski definition) is 5. The van der Waals surface area contributed by atoms with Crippen LogP contribution in [0.15, 0.2) is 71.8 Å². The highest BCUT2D eigenvalue weighted by Gasteiger charge is 2.15. The predicted octanol–water partition coefficient (Wildman–Crippen LogP) is 5.22. The molecule has 38 heavy (non-hydrogen) atoms. The van der Waals surface area contributed by atoms with E-state index in [0.29, 0.717) is 16.8 Å². The van der Waals surface area contributed by atoms with Gasteiger partial charge in [-0.25, -0.2) is 9.82 Å². The van der Waals surface area contributed by atoms with Gasteiger partial charge in [0.25, 0.3) is 11.8 Å². The molecular formula is C29H33FIN5O2. The lowest BCUT2D eigenvalue weighted by atomic mass is 10.1. The maximum atomic E-state index is 13.4. The van der Waals surface area contributed by atoms with Crippen LogP contribution in [0.2, 0.25) is 0 Å². The summed E-state index contributed by atoms with van der Waals surface area (Å²) in [6, 6.07) is 18.5. The Kier molecular flexibility index (Phi) is 11.4. The van der Waals surface area contributed by atoms with Gasteiger partial charge in [0, 0.05) is 28.8 Å². The fraction of sp³-hybridized carbons (Fsp3) is 0.276. The second-order valence-electron chi connectivity index (χ2n) is 8.86. The van der Waals surface area contributed by atoms with Crippen LogP contribution in [0.3, 0.4) is 0 Å². The van der Waals surface area contributed by atoms with Gasteiger partial charge >= 0.3 is 0 Å². The standard InChI is InChI=1S/C29H33FIN5O2/c1-4-36(5-2)15-14-35(3)20-22-9-6-10-23(16-22)28(37)33-27-13-12-25(31)18-26(27)29(38)34-32-19-21-8-7-11-24(30)17-21/h6-13,16-19H,4-5,14-15,20H2,1-3H3,(H,33,37)(H,34,38)/b32-19+. The second-order valence-corrected chi connectivity index (χ2v) is 10.1. The number of rotatable bonds is 12. The Balaban J connectivity index is 1.67. The molecule has 3 aromatic rings. The number of halogens is 2. The van der Waals surface area contributed by atoms with Crippen molar-refractivity contribution < 1.29 is 14.0 Å². The van der Waals surface area contributed by atoms with E-state index in [-0.39, 0.29) is 11.5 Å². The lowest BCUT2D eigenvalue weighted by Crippen LogP contribution is -2.32. The molecule has 7 nitrogen and oxygen atoms in total. The fourth-order valence-electron chi connectivity index (χ4n) is 3.87. The summed E-state index contributed by atoms with van der Waals surface area (Å²) in [6.45, 7) is 9.02. The van der Waals surface area contributed by atoms with Crippen LogP contribution in [-0.2, 0) is 6.54 Å². The Morgan fingerprint density at radius 3 is 2.47 bits per heavy atom. The van der Waals surface area contributed by atoms with Crippen molar-refractivity contribution in [3.63, 3.8) is 0 Å². The number of likely N-dealkylation sites (N-methyl/N-ethyl adjacent to an activating group) is 2. The van der Waals surface area contributed by atoms with E-state index in [1.54, 1.807) is 30.3 Å². The number of hydrogen-bond donors (Lipinski definition) is 2. The largest absolute Gasteiger partial charge is 0.321 e. The maximum Gasteiger partial charge on any atom is 0.273 e. The van der Waals surface area contributed by atoms with Gasteiger partial charge in [-0.3, -0.25) is 9.59 Å². The van der Waals surface area contributed by atoms with Crippen LogP contribution in [0.1, 0.15) is 45.7 Å². The molecule has 0 aliphatic rings. The number of hydrazone groups is 1. The highest BCUT2D eigenvalue weighted by atomic mass is 127. The van der Waals surface area contributed by atoms with Gasteiger partial charge in [0.2, 0.25) is 0 Å². The normalized spacial score (nSPS) is 11.3. The average molecular weight is 630 g/mol. The van der Waals surface area contributed by atoms with Gasteiger partial charge in [-0.2, -0.15) is 5.10 Å². The van der Waals surface area contributed by atoms with Crippen LogP contribution in [0.5, 0.6) is 0 Å². The summed E-state index contributed by atoms with van der Waals surface area (Å²) >= 11 is 2.10. The Morgan fingerprint density at radius 2 is 1.74 bits per heavy atom. The highest BCUT2D eigenvalue weighted by Crippen LogP contribution is 2.20. The molecule has 0 saturated carbocycles. The van der Waals surface area contributed by atoms with Gasteiger partial charge in [0.05, 0.1) is 17.5 Å². The Morgan fingerprint density at radius 1 is 0.974 bits per heavy atom. The summed E-state index contributed by atoms with van der Waals surface area (Å²) in [6.07, 6.45) is 1.36. The topological polar surface area (TPSA) is 77.0 Å². The molecule has 3 rings (SSSR count). The predicted molar refractivity (Wildman–Crippen MR) is 159 cm³/mol. The van der Waals surface area contributed by atoms with E-state index in [2.05, 4.69) is 69.1 Å². The Hall–Kier alpha value is -3.15. The van der Waals surface area contributed by atoms with Crippen molar-refractivity contribution in [2.24, 2.45) is 5.10 Å². The van der Waals surface area contributed by atoms with E-state index in [1.165, 1.54) is 18.3 Å². The zero-order chi connectivity index (χ0) is 27.5. The number of benzene rings is 3. The minimum atomic E-state index is -0.491. The van der Waals surface area contributed by atoms with Crippen molar-refractivity contribution in [1.82, 2.24) is 15.2 Å². The molecular weight excluding hydrogens is 596 g/mol. The molecule has 2 amide bonds. The van der Waals surface area contributed by atoms with E-state index in [1.807, 2.05) is 24.3 Å². The molecule has 0 aliphatic carbocycles. The number of nitrogens with zero attached hydrogens (tertiary/aromatic N) is 3. The Labute approximate surface area is 237 Å². The van der Waals surface area contributed by atoms with Gasteiger partial charge in [0.1, 0.15) is 5.82 Å². The summed E-state index contributed by atoms with van der Waals surface area (Å²) in [5, 5.41) is 6.79. The van der Waals surface area contributed by atoms with E-state index >= 15 is 0 Å². The number of amides is 2. The van der Waals surface area contributed by atoms with Gasteiger partial charge in [-0.05, 0) is 96.3 Å². The maximum absolute atomic E-state index is 13.4. The molecule has 0 aromatic heterocycles. The lowest BCUT2D eigenvalue weighted by molar-refractivity contribution is 0.0956. The average Bonchev–Trinajstić information content (AvgIpc) is 2.90. The fourth-order valence-corrected chi connectivity index (χ4v) is 4.37. The van der Waals surface area contributed by atoms with Crippen LogP contribution in [0, 0.1) is 9.39 Å². The summed E-state index contributed by atoms with van der Waals surface area (Å²) < 4.78 is 14.2. The van der Waals surface area contributed by atoms with E-state index in [4.69, 9.17) is 0 Å². The van der Waals surface area contributed by atoms with Crippen LogP contribution in [0.4, 0.5) is 10.1 Å². The number of carbonyl (C=O) groups is 2. The quantitative estimate of drug-likeness (QED) is 0.164. The first kappa shape index (κ1) is 29.4. The van der Waals surface area contributed by atoms with E-state index in [9.17, 15) is 14.0 Å². The highest BCUT2D eigenvalue weighted by molar-refractivity contribution is 14.1. The number of anilines is 1. The molecule has 0 atom stereocenters. The van der Waals surface area contributed by atoms with Gasteiger partial charge < -0.3 is 15.1 Å². The SMILES string of the molecule is CCN(CC)CCN(C)Cc1cccc(C(=O)Nc2ccc(I)cc2C(=O)N/N=C/c2cccc(F)c2)c1. The van der Waals surface area contributed by atoms with Crippen LogP contribution < -0.4 is 10.7 Å². The first-order chi connectivity index (χ1) is 18.3. The van der Waals surface area contributed by atoms with Crippen molar-refractivity contribution in [2.45, 2.75) is 20.4 Å². The molecule has 0 saturated heterocycles. The number of nitrogens with one attached hydrogen (secondary N) is 2. The molecule has 0 unspecified atom stereocenters. The van der Waals surface area contributed by atoms with Crippen molar-refractivity contribution in [3.05, 3.63) is 98.4 Å². The minimum Gasteiger partial charge on any atom is -0.321 e. The van der Waals surface area contributed by atoms with Crippen LogP contribution in [0.25, 0.3) is 0 Å². The summed E-state index contributed by atoms with van der Waals surface area (Å²) in [5.74, 6) is -1.19. The monoisotopic (exact) mass is 629 g/mol. The zero-order valence-electron chi connectivity index (χ0n) is 21.9. The van der Waals surface area contributed by atoms with Crippen LogP contribution in [-0.4, -0.2) is 61.1 Å². The Bertz CT molecular complexity index is 1280. The van der Waals surface area contributed by atoms with E-state index < -0.39 is 11.7 Å². The van der Waals surface area contributed by atoms with Crippen molar-refractivity contribution in [3.8, 4) is 0 Å². The molecule has 0 radical (unpaired) electrons. The zero-order valence-corrected chi connectivity index (χ0v) is 24.0. The van der Waals surface area contributed by atoms with Crippen molar-refractivity contribution in [1.29, 1.82) is 0 Å². The molecule has 0 spiro atoms. The van der Waals surface area contributed by atoms with Gasteiger partial charge in [-0.15, -0.1) is 0 Å². The van der Waals surface area contributed by atoms with Crippen molar-refractivity contribution in [2.75, 3.05) is 38.5 Å². The number of carbonyl (C=O) groups excluding carboxylic acids is 2. The molecule has 2 N–H and O–H groups in total. The van der Waals surface area contributed by atoms with Crippen LogP contribution >= 0.6 is 22.6 Å². The van der Waals surface area contributed by atoms with E-state index in [0.717, 1.165) is 41.9 Å². The summed E-state index contributed by atoms with van der Waals surface area (Å²) in [4.78, 5) is 30.6.